The molecule has 122 valence electrons. The van der Waals surface area contributed by atoms with E-state index in [0.29, 0.717) is 11.1 Å². The molecule has 0 radical (unpaired) electrons. The second-order valence-electron chi connectivity index (χ2n) is 6.20. The van der Waals surface area contributed by atoms with E-state index in [1.807, 2.05) is 0 Å². The molecule has 0 aliphatic rings. The average Bonchev–Trinajstić information content (AvgIpc) is 2.45. The molecule has 0 aromatic heterocycles. The highest BCUT2D eigenvalue weighted by molar-refractivity contribution is 7.89. The molecule has 2 aromatic carbocycles. The monoisotopic (exact) mass is 333 g/mol. The Kier molecular flexibility index (Phi) is 4.58. The summed E-state index contributed by atoms with van der Waals surface area (Å²) in [5, 5.41) is 9.34. The van der Waals surface area contributed by atoms with Crippen LogP contribution in [0.1, 0.15) is 31.1 Å². The number of hydrogen-bond donors (Lipinski definition) is 2. The molecule has 0 unspecified atom stereocenters. The first-order valence-corrected chi connectivity index (χ1v) is 8.56. The smallest absolute Gasteiger partial charge is 0.336 e. The van der Waals surface area contributed by atoms with E-state index in [9.17, 15) is 18.3 Å². The highest BCUT2D eigenvalue weighted by atomic mass is 32.2. The Morgan fingerprint density at radius 2 is 1.48 bits per heavy atom. The summed E-state index contributed by atoms with van der Waals surface area (Å²) in [7, 11) is -3.78. The molecule has 0 atom stereocenters. The van der Waals surface area contributed by atoms with Crippen LogP contribution in [0.4, 0.5) is 0 Å². The van der Waals surface area contributed by atoms with Crippen molar-refractivity contribution in [1.29, 1.82) is 0 Å². The van der Waals surface area contributed by atoms with Crippen molar-refractivity contribution in [2.75, 3.05) is 0 Å². The van der Waals surface area contributed by atoms with Gasteiger partial charge in [-0.25, -0.2) is 17.9 Å². The Morgan fingerprint density at radius 1 is 0.957 bits per heavy atom. The maximum absolute atomic E-state index is 12.7. The number of sulfonamides is 1. The molecule has 0 fully saturated rings. The van der Waals surface area contributed by atoms with Crippen LogP contribution in [0.25, 0.3) is 11.1 Å². The maximum Gasteiger partial charge on any atom is 0.336 e. The van der Waals surface area contributed by atoms with Gasteiger partial charge in [0.15, 0.2) is 0 Å². The summed E-state index contributed by atoms with van der Waals surface area (Å²) in [6.07, 6.45) is 0. The normalized spacial score (nSPS) is 12.1. The van der Waals surface area contributed by atoms with Crippen LogP contribution in [0.15, 0.2) is 53.4 Å². The molecule has 0 saturated carbocycles. The van der Waals surface area contributed by atoms with Crippen LogP contribution in [0.3, 0.4) is 0 Å². The lowest BCUT2D eigenvalue weighted by molar-refractivity contribution is 0.0697. The van der Waals surface area contributed by atoms with Crippen molar-refractivity contribution in [3.63, 3.8) is 0 Å². The number of carboxylic acids is 1. The summed E-state index contributed by atoms with van der Waals surface area (Å²) in [4.78, 5) is 11.5. The van der Waals surface area contributed by atoms with Gasteiger partial charge < -0.3 is 5.11 Å². The van der Waals surface area contributed by atoms with E-state index in [1.165, 1.54) is 12.1 Å². The first-order valence-electron chi connectivity index (χ1n) is 7.07. The lowest BCUT2D eigenvalue weighted by Crippen LogP contribution is -2.40. The molecule has 0 aliphatic carbocycles. The van der Waals surface area contributed by atoms with Crippen LogP contribution >= 0.6 is 0 Å². The highest BCUT2D eigenvalue weighted by Crippen LogP contribution is 2.30. The van der Waals surface area contributed by atoms with Crippen LogP contribution in [-0.4, -0.2) is 25.0 Å². The summed E-state index contributed by atoms with van der Waals surface area (Å²) < 4.78 is 27.9. The number of hydrogen-bond acceptors (Lipinski definition) is 3. The SMILES string of the molecule is CC(C)(C)NS(=O)(=O)c1ccccc1-c1ccccc1C(=O)O. The molecule has 2 aromatic rings. The van der Waals surface area contributed by atoms with Gasteiger partial charge in [0.1, 0.15) is 0 Å². The van der Waals surface area contributed by atoms with Crippen LogP contribution in [-0.2, 0) is 10.0 Å². The highest BCUT2D eigenvalue weighted by Gasteiger charge is 2.26. The first-order chi connectivity index (χ1) is 10.6. The van der Waals surface area contributed by atoms with Gasteiger partial charge in [0.05, 0.1) is 10.5 Å². The minimum Gasteiger partial charge on any atom is -0.478 e. The number of nitrogens with one attached hydrogen (secondary N) is 1. The van der Waals surface area contributed by atoms with E-state index in [-0.39, 0.29) is 10.5 Å². The molecule has 2 N–H and O–H groups in total. The second kappa shape index (κ2) is 6.14. The summed E-state index contributed by atoms with van der Waals surface area (Å²) in [6, 6.07) is 12.7. The number of carboxylic acid groups (broad SMARTS) is 1. The van der Waals surface area contributed by atoms with Crippen LogP contribution in [0.5, 0.6) is 0 Å². The van der Waals surface area contributed by atoms with Crippen LogP contribution < -0.4 is 4.72 Å². The molecule has 6 heteroatoms. The van der Waals surface area contributed by atoms with Gasteiger partial charge in [0, 0.05) is 11.1 Å². The zero-order valence-electron chi connectivity index (χ0n) is 13.2. The fraction of sp³-hybridized carbons (Fsp3) is 0.235. The summed E-state index contributed by atoms with van der Waals surface area (Å²) in [5.41, 5.74) is 0.154. The Labute approximate surface area is 136 Å². The number of carbonyl (C=O) groups is 1. The van der Waals surface area contributed by atoms with E-state index < -0.39 is 21.5 Å². The largest absolute Gasteiger partial charge is 0.478 e. The summed E-state index contributed by atoms with van der Waals surface area (Å²) >= 11 is 0. The molecule has 0 bridgehead atoms. The zero-order valence-corrected chi connectivity index (χ0v) is 14.0. The molecule has 23 heavy (non-hydrogen) atoms. The van der Waals surface area contributed by atoms with E-state index >= 15 is 0 Å². The predicted octanol–water partition coefficient (Wildman–Crippen LogP) is 3.13. The van der Waals surface area contributed by atoms with Gasteiger partial charge in [-0.2, -0.15) is 0 Å². The number of rotatable bonds is 4. The molecule has 0 aliphatic heterocycles. The molecule has 0 saturated heterocycles. The Morgan fingerprint density at radius 3 is 2.04 bits per heavy atom. The summed E-state index contributed by atoms with van der Waals surface area (Å²) in [5.74, 6) is -1.10. The lowest BCUT2D eigenvalue weighted by Gasteiger charge is -2.22. The zero-order chi connectivity index (χ0) is 17.3. The van der Waals surface area contributed by atoms with Crippen LogP contribution in [0.2, 0.25) is 0 Å². The standard InChI is InChI=1S/C17H19NO4S/c1-17(2,3)18-23(21,22)15-11-7-6-9-13(15)12-8-4-5-10-14(12)16(19)20/h4-11,18H,1-3H3,(H,19,20). The fourth-order valence-electron chi connectivity index (χ4n) is 2.29. The molecule has 5 nitrogen and oxygen atoms in total. The van der Waals surface area contributed by atoms with Crippen molar-refractivity contribution in [1.82, 2.24) is 4.72 Å². The average molecular weight is 333 g/mol. The molecule has 2 rings (SSSR count). The quantitative estimate of drug-likeness (QED) is 0.900. The minimum absolute atomic E-state index is 0.0589. The summed E-state index contributed by atoms with van der Waals surface area (Å²) in [6.45, 7) is 5.25. The molecule has 0 spiro atoms. The maximum atomic E-state index is 12.7. The van der Waals surface area contributed by atoms with Crippen molar-refractivity contribution in [3.8, 4) is 11.1 Å². The molecule has 0 amide bonds. The third-order valence-electron chi connectivity index (χ3n) is 3.06. The molecular formula is C17H19NO4S. The van der Waals surface area contributed by atoms with Gasteiger partial charge >= 0.3 is 5.97 Å². The van der Waals surface area contributed by atoms with Crippen LogP contribution in [0, 0.1) is 0 Å². The first kappa shape index (κ1) is 17.2. The van der Waals surface area contributed by atoms with E-state index in [0.717, 1.165) is 0 Å². The fourth-order valence-corrected chi connectivity index (χ4v) is 3.93. The van der Waals surface area contributed by atoms with Crippen molar-refractivity contribution >= 4 is 16.0 Å². The van der Waals surface area contributed by atoms with E-state index in [2.05, 4.69) is 4.72 Å². The molecule has 0 heterocycles. The van der Waals surface area contributed by atoms with Crippen molar-refractivity contribution in [2.45, 2.75) is 31.2 Å². The third kappa shape index (κ3) is 3.97. The van der Waals surface area contributed by atoms with Gasteiger partial charge in [-0.1, -0.05) is 36.4 Å². The number of benzene rings is 2. The molecular weight excluding hydrogens is 314 g/mol. The number of aromatic carboxylic acids is 1. The Balaban J connectivity index is 2.67. The van der Waals surface area contributed by atoms with Gasteiger partial charge in [-0.3, -0.25) is 0 Å². The minimum atomic E-state index is -3.78. The van der Waals surface area contributed by atoms with Gasteiger partial charge in [-0.15, -0.1) is 0 Å². The topological polar surface area (TPSA) is 83.5 Å². The van der Waals surface area contributed by atoms with Gasteiger partial charge in [0.2, 0.25) is 10.0 Å². The van der Waals surface area contributed by atoms with E-state index in [4.69, 9.17) is 0 Å². The van der Waals surface area contributed by atoms with Crippen molar-refractivity contribution in [2.24, 2.45) is 0 Å². The van der Waals surface area contributed by atoms with E-state index in [1.54, 1.807) is 57.2 Å². The van der Waals surface area contributed by atoms with Gasteiger partial charge in [0.25, 0.3) is 0 Å². The Bertz CT molecular complexity index is 836. The van der Waals surface area contributed by atoms with Gasteiger partial charge in [-0.05, 0) is 38.5 Å². The predicted molar refractivity (Wildman–Crippen MR) is 88.9 cm³/mol. The third-order valence-corrected chi connectivity index (χ3v) is 4.88. The second-order valence-corrected chi connectivity index (χ2v) is 7.85. The van der Waals surface area contributed by atoms with Crippen molar-refractivity contribution in [3.05, 3.63) is 54.1 Å². The lowest BCUT2D eigenvalue weighted by atomic mass is 10.00. The Hall–Kier alpha value is -2.18. The van der Waals surface area contributed by atoms with Crippen molar-refractivity contribution < 1.29 is 18.3 Å².